The van der Waals surface area contributed by atoms with Crippen LogP contribution >= 0.6 is 0 Å². The molecule has 1 fully saturated rings. The minimum Gasteiger partial charge on any atom is -0.497 e. The Labute approximate surface area is 187 Å². The lowest BCUT2D eigenvalue weighted by atomic mass is 10.1. The molecular formula is C24H28N6O2. The third kappa shape index (κ3) is 5.03. The number of aliphatic imine (C=N–C) groups is 2. The quantitative estimate of drug-likeness (QED) is 0.478. The molecular weight excluding hydrogens is 404 g/mol. The Bertz CT molecular complexity index is 1140. The molecule has 0 aliphatic carbocycles. The smallest absolute Gasteiger partial charge is 0.218 e. The second kappa shape index (κ2) is 10.2. The Hall–Kier alpha value is -3.52. The summed E-state index contributed by atoms with van der Waals surface area (Å²) in [6.45, 7) is 5.46. The number of rotatable bonds is 6. The predicted octanol–water partition coefficient (Wildman–Crippen LogP) is 3.06. The first kappa shape index (κ1) is 21.7. The number of hydrogen-bond donors (Lipinski definition) is 1. The standard InChI is InChI=1S/C24H28N6O2/c1-4-21(27-24(25-2)26-19-9-12-32-13-10-19)18-8-11-30-22(28-29-23(30)16-18)15-17-6-5-7-20(14-17)31-3/h4-8,11,14,16,19H,1,9-10,12-13,15H2,2-3H3,(H,25,26). The molecule has 0 bridgehead atoms. The van der Waals surface area contributed by atoms with Crippen molar-refractivity contribution in [2.24, 2.45) is 9.98 Å². The molecule has 8 heteroatoms. The summed E-state index contributed by atoms with van der Waals surface area (Å²) in [5.74, 6) is 2.27. The van der Waals surface area contributed by atoms with Crippen LogP contribution in [0.5, 0.6) is 5.75 Å². The van der Waals surface area contributed by atoms with E-state index in [2.05, 4.69) is 33.2 Å². The Morgan fingerprint density at radius 2 is 2.12 bits per heavy atom. The highest BCUT2D eigenvalue weighted by Gasteiger charge is 2.15. The molecule has 2 aromatic heterocycles. The Kier molecular flexibility index (Phi) is 6.91. The van der Waals surface area contributed by atoms with Gasteiger partial charge in [-0.25, -0.2) is 4.99 Å². The molecule has 0 radical (unpaired) electrons. The fourth-order valence-electron chi connectivity index (χ4n) is 3.70. The second-order valence-electron chi connectivity index (χ2n) is 7.57. The van der Waals surface area contributed by atoms with Gasteiger partial charge in [-0.2, -0.15) is 0 Å². The van der Waals surface area contributed by atoms with E-state index in [1.54, 1.807) is 20.2 Å². The van der Waals surface area contributed by atoms with Gasteiger partial charge in [0.05, 0.1) is 12.8 Å². The Balaban J connectivity index is 1.55. The third-order valence-corrected chi connectivity index (χ3v) is 5.46. The highest BCUT2D eigenvalue weighted by atomic mass is 16.5. The maximum Gasteiger partial charge on any atom is 0.218 e. The van der Waals surface area contributed by atoms with Gasteiger partial charge in [0.2, 0.25) is 5.96 Å². The first-order valence-corrected chi connectivity index (χ1v) is 10.7. The van der Waals surface area contributed by atoms with Crippen LogP contribution in [-0.2, 0) is 11.2 Å². The maximum absolute atomic E-state index is 5.43. The summed E-state index contributed by atoms with van der Waals surface area (Å²) in [4.78, 5) is 9.01. The van der Waals surface area contributed by atoms with Crippen LogP contribution in [0.25, 0.3) is 5.65 Å². The van der Waals surface area contributed by atoms with Crippen LogP contribution in [0.2, 0.25) is 0 Å². The summed E-state index contributed by atoms with van der Waals surface area (Å²) < 4.78 is 12.7. The van der Waals surface area contributed by atoms with E-state index >= 15 is 0 Å². The molecule has 0 spiro atoms. The molecule has 166 valence electrons. The number of benzene rings is 1. The summed E-state index contributed by atoms with van der Waals surface area (Å²) in [6.07, 6.45) is 6.24. The van der Waals surface area contributed by atoms with Crippen molar-refractivity contribution in [3.63, 3.8) is 0 Å². The zero-order valence-corrected chi connectivity index (χ0v) is 18.5. The fraction of sp³-hybridized carbons (Fsp3) is 0.333. The average molecular weight is 433 g/mol. The van der Waals surface area contributed by atoms with Gasteiger partial charge in [-0.1, -0.05) is 18.7 Å². The number of nitrogens with one attached hydrogen (secondary N) is 1. The van der Waals surface area contributed by atoms with Gasteiger partial charge in [0.1, 0.15) is 11.6 Å². The Morgan fingerprint density at radius 1 is 1.28 bits per heavy atom. The molecule has 0 amide bonds. The van der Waals surface area contributed by atoms with Crippen LogP contribution in [-0.4, -0.2) is 59.7 Å². The van der Waals surface area contributed by atoms with Crippen LogP contribution in [0, 0.1) is 0 Å². The predicted molar refractivity (Wildman–Crippen MR) is 126 cm³/mol. The van der Waals surface area contributed by atoms with Gasteiger partial charge < -0.3 is 14.8 Å². The second-order valence-corrected chi connectivity index (χ2v) is 7.57. The van der Waals surface area contributed by atoms with Gasteiger partial charge >= 0.3 is 0 Å². The zero-order valence-electron chi connectivity index (χ0n) is 18.5. The molecule has 1 N–H and O–H groups in total. The molecule has 0 saturated carbocycles. The van der Waals surface area contributed by atoms with E-state index in [1.807, 2.05) is 40.9 Å². The number of guanidine groups is 1. The molecule has 4 rings (SSSR count). The van der Waals surface area contributed by atoms with Crippen LogP contribution in [0.15, 0.2) is 65.2 Å². The summed E-state index contributed by atoms with van der Waals surface area (Å²) in [7, 11) is 3.40. The molecule has 1 aromatic carbocycles. The highest BCUT2D eigenvalue weighted by Crippen LogP contribution is 2.17. The van der Waals surface area contributed by atoms with Crippen LogP contribution in [0.4, 0.5) is 0 Å². The van der Waals surface area contributed by atoms with Crippen molar-refractivity contribution in [2.45, 2.75) is 25.3 Å². The number of pyridine rings is 1. The minimum absolute atomic E-state index is 0.315. The van der Waals surface area contributed by atoms with Crippen molar-refractivity contribution < 1.29 is 9.47 Å². The summed E-state index contributed by atoms with van der Waals surface area (Å²) in [5.41, 5.74) is 3.49. The lowest BCUT2D eigenvalue weighted by Crippen LogP contribution is -2.38. The fourth-order valence-corrected chi connectivity index (χ4v) is 3.70. The van der Waals surface area contributed by atoms with Gasteiger partial charge in [-0.3, -0.25) is 9.39 Å². The number of methoxy groups -OCH3 is 1. The van der Waals surface area contributed by atoms with Crippen molar-refractivity contribution in [1.29, 1.82) is 0 Å². The SMILES string of the molecule is C=CC(=NC(=NC)NC1CCOCC1)c1ccn2c(Cc3cccc(OC)c3)nnc2c1. The number of fused-ring (bicyclic) bond motifs is 1. The van der Waals surface area contributed by atoms with Crippen LogP contribution in [0.3, 0.4) is 0 Å². The number of ether oxygens (including phenoxy) is 2. The number of aromatic nitrogens is 3. The normalized spacial score (nSPS) is 15.7. The molecule has 8 nitrogen and oxygen atoms in total. The van der Waals surface area contributed by atoms with E-state index in [9.17, 15) is 0 Å². The molecule has 32 heavy (non-hydrogen) atoms. The molecule has 1 aliphatic heterocycles. The minimum atomic E-state index is 0.315. The number of allylic oxidation sites excluding steroid dienone is 1. The van der Waals surface area contributed by atoms with E-state index in [1.165, 1.54) is 0 Å². The van der Waals surface area contributed by atoms with Gasteiger partial charge in [0.15, 0.2) is 5.65 Å². The van der Waals surface area contributed by atoms with E-state index in [0.717, 1.165) is 60.1 Å². The third-order valence-electron chi connectivity index (χ3n) is 5.46. The zero-order chi connectivity index (χ0) is 22.3. The largest absolute Gasteiger partial charge is 0.497 e. The molecule has 1 saturated heterocycles. The van der Waals surface area contributed by atoms with E-state index < -0.39 is 0 Å². The summed E-state index contributed by atoms with van der Waals surface area (Å²) in [5, 5.41) is 12.2. The lowest BCUT2D eigenvalue weighted by Gasteiger charge is -2.23. The van der Waals surface area contributed by atoms with Gasteiger partial charge in [-0.05, 0) is 48.7 Å². The summed E-state index contributed by atoms with van der Waals surface area (Å²) >= 11 is 0. The van der Waals surface area contributed by atoms with Crippen molar-refractivity contribution in [3.8, 4) is 5.75 Å². The Morgan fingerprint density at radius 3 is 2.88 bits per heavy atom. The first-order chi connectivity index (χ1) is 15.7. The number of hydrogen-bond acceptors (Lipinski definition) is 5. The van der Waals surface area contributed by atoms with Gasteiger partial charge in [-0.15, -0.1) is 10.2 Å². The van der Waals surface area contributed by atoms with Gasteiger partial charge in [0.25, 0.3) is 0 Å². The molecule has 1 aliphatic rings. The van der Waals surface area contributed by atoms with Crippen LogP contribution in [0.1, 0.15) is 29.8 Å². The highest BCUT2D eigenvalue weighted by molar-refractivity contribution is 6.13. The molecule has 0 atom stereocenters. The van der Waals surface area contributed by atoms with Crippen molar-refractivity contribution in [3.05, 3.63) is 72.2 Å². The van der Waals surface area contributed by atoms with Crippen molar-refractivity contribution >= 4 is 17.3 Å². The molecule has 3 heterocycles. The van der Waals surface area contributed by atoms with Crippen LogP contribution < -0.4 is 10.1 Å². The lowest BCUT2D eigenvalue weighted by molar-refractivity contribution is 0.0824. The van der Waals surface area contributed by atoms with Crippen molar-refractivity contribution in [1.82, 2.24) is 19.9 Å². The van der Waals surface area contributed by atoms with Gasteiger partial charge in [0, 0.05) is 44.5 Å². The van der Waals surface area contributed by atoms with E-state index in [4.69, 9.17) is 14.5 Å². The topological polar surface area (TPSA) is 85.4 Å². The summed E-state index contributed by atoms with van der Waals surface area (Å²) in [6, 6.07) is 12.2. The first-order valence-electron chi connectivity index (χ1n) is 10.7. The van der Waals surface area contributed by atoms with E-state index in [0.29, 0.717) is 18.4 Å². The average Bonchev–Trinajstić information content (AvgIpc) is 3.24. The molecule has 0 unspecified atom stereocenters. The maximum atomic E-state index is 5.43. The van der Waals surface area contributed by atoms with E-state index in [-0.39, 0.29) is 0 Å². The monoisotopic (exact) mass is 432 g/mol. The van der Waals surface area contributed by atoms with Crippen molar-refractivity contribution in [2.75, 3.05) is 27.4 Å². The number of nitrogens with zero attached hydrogens (tertiary/aromatic N) is 5. The molecule has 3 aromatic rings.